The molecule has 3 heteroatoms. The number of fused-ring (bicyclic) bond motifs is 1. The van der Waals surface area contributed by atoms with Gasteiger partial charge in [0.2, 0.25) is 0 Å². The molecule has 0 aromatic heterocycles. The monoisotopic (exact) mass is 219 g/mol. The van der Waals surface area contributed by atoms with Crippen molar-refractivity contribution in [2.24, 2.45) is 0 Å². The predicted octanol–water partition coefficient (Wildman–Crippen LogP) is 2.36. The van der Waals surface area contributed by atoms with E-state index in [0.717, 1.165) is 17.0 Å². The number of anilines is 1. The van der Waals surface area contributed by atoms with Crippen molar-refractivity contribution < 1.29 is 9.53 Å². The molecule has 1 aromatic rings. The normalized spacial score (nSPS) is 21.1. The molecule has 0 amide bonds. The largest absolute Gasteiger partial charge is 0.497 e. The summed E-state index contributed by atoms with van der Waals surface area (Å²) in [6.45, 7) is 5.79. The van der Waals surface area contributed by atoms with Crippen molar-refractivity contribution in [1.29, 1.82) is 0 Å². The smallest absolute Gasteiger partial charge is 0.152 e. The fourth-order valence-electron chi connectivity index (χ4n) is 2.41. The van der Waals surface area contributed by atoms with Crippen molar-refractivity contribution >= 4 is 11.5 Å². The Hall–Kier alpha value is -1.51. The van der Waals surface area contributed by atoms with E-state index in [2.05, 4.69) is 19.2 Å². The molecule has 0 fully saturated rings. The SMILES string of the molecule is COc1ccc2c(c1)C(C)(C)C(C(C)=O)N2. The molecule has 16 heavy (non-hydrogen) atoms. The number of rotatable bonds is 2. The van der Waals surface area contributed by atoms with Crippen molar-refractivity contribution in [3.05, 3.63) is 23.8 Å². The van der Waals surface area contributed by atoms with Crippen LogP contribution in [0.2, 0.25) is 0 Å². The van der Waals surface area contributed by atoms with Gasteiger partial charge < -0.3 is 10.1 Å². The molecule has 1 aliphatic heterocycles. The Balaban J connectivity index is 2.49. The second-order valence-corrected chi connectivity index (χ2v) is 4.82. The molecule has 1 N–H and O–H groups in total. The summed E-state index contributed by atoms with van der Waals surface area (Å²) in [4.78, 5) is 11.6. The van der Waals surface area contributed by atoms with Gasteiger partial charge in [-0.3, -0.25) is 4.79 Å². The van der Waals surface area contributed by atoms with Crippen LogP contribution in [0.4, 0.5) is 5.69 Å². The van der Waals surface area contributed by atoms with Gasteiger partial charge in [-0.2, -0.15) is 0 Å². The maximum absolute atomic E-state index is 11.6. The summed E-state index contributed by atoms with van der Waals surface area (Å²) in [5, 5.41) is 3.27. The molecule has 0 saturated heterocycles. The number of hydrogen-bond acceptors (Lipinski definition) is 3. The van der Waals surface area contributed by atoms with Crippen LogP contribution in [-0.4, -0.2) is 18.9 Å². The fraction of sp³-hybridized carbons (Fsp3) is 0.462. The number of carbonyl (C=O) groups excluding carboxylic acids is 1. The van der Waals surface area contributed by atoms with E-state index < -0.39 is 0 Å². The first kappa shape index (κ1) is 11.0. The maximum Gasteiger partial charge on any atom is 0.152 e. The first-order valence-electron chi connectivity index (χ1n) is 5.42. The third-order valence-corrected chi connectivity index (χ3v) is 3.35. The van der Waals surface area contributed by atoms with Crippen LogP contribution >= 0.6 is 0 Å². The zero-order chi connectivity index (χ0) is 11.9. The van der Waals surface area contributed by atoms with E-state index in [0.29, 0.717) is 0 Å². The molecule has 0 bridgehead atoms. The molecule has 3 nitrogen and oxygen atoms in total. The second kappa shape index (κ2) is 3.51. The lowest BCUT2D eigenvalue weighted by Gasteiger charge is -2.25. The van der Waals surface area contributed by atoms with Crippen molar-refractivity contribution in [3.63, 3.8) is 0 Å². The van der Waals surface area contributed by atoms with Gasteiger partial charge in [-0.05, 0) is 30.7 Å². The summed E-state index contributed by atoms with van der Waals surface area (Å²) in [5.41, 5.74) is 1.99. The maximum atomic E-state index is 11.6. The lowest BCUT2D eigenvalue weighted by atomic mass is 9.79. The minimum absolute atomic E-state index is 0.144. The fourth-order valence-corrected chi connectivity index (χ4v) is 2.41. The molecule has 0 aliphatic carbocycles. The quantitative estimate of drug-likeness (QED) is 0.829. The van der Waals surface area contributed by atoms with E-state index in [9.17, 15) is 4.79 Å². The van der Waals surface area contributed by atoms with Gasteiger partial charge in [0.05, 0.1) is 13.2 Å². The molecule has 1 unspecified atom stereocenters. The number of methoxy groups -OCH3 is 1. The Labute approximate surface area is 95.8 Å². The van der Waals surface area contributed by atoms with Crippen LogP contribution in [0.5, 0.6) is 5.75 Å². The van der Waals surface area contributed by atoms with Gasteiger partial charge in [-0.25, -0.2) is 0 Å². The Morgan fingerprint density at radius 2 is 2.12 bits per heavy atom. The van der Waals surface area contributed by atoms with E-state index in [-0.39, 0.29) is 17.2 Å². The van der Waals surface area contributed by atoms with Crippen molar-refractivity contribution in [2.75, 3.05) is 12.4 Å². The first-order valence-corrected chi connectivity index (χ1v) is 5.42. The van der Waals surface area contributed by atoms with Crippen LogP contribution in [0.1, 0.15) is 26.3 Å². The van der Waals surface area contributed by atoms with Gasteiger partial charge in [0, 0.05) is 11.1 Å². The van der Waals surface area contributed by atoms with Gasteiger partial charge in [0.15, 0.2) is 5.78 Å². The number of Topliss-reactive ketones (excluding diaryl/α,β-unsaturated/α-hetero) is 1. The Morgan fingerprint density at radius 3 is 2.69 bits per heavy atom. The van der Waals surface area contributed by atoms with E-state index in [1.54, 1.807) is 14.0 Å². The minimum atomic E-state index is -0.185. The van der Waals surface area contributed by atoms with E-state index in [4.69, 9.17) is 4.74 Å². The third-order valence-electron chi connectivity index (χ3n) is 3.35. The Bertz CT molecular complexity index is 438. The molecule has 1 aliphatic rings. The molecular weight excluding hydrogens is 202 g/mol. The number of hydrogen-bond donors (Lipinski definition) is 1. The van der Waals surface area contributed by atoms with Gasteiger partial charge in [0.25, 0.3) is 0 Å². The highest BCUT2D eigenvalue weighted by atomic mass is 16.5. The lowest BCUT2D eigenvalue weighted by Crippen LogP contribution is -2.38. The summed E-state index contributed by atoms with van der Waals surface area (Å²) in [5.74, 6) is 0.998. The highest BCUT2D eigenvalue weighted by Crippen LogP contribution is 2.42. The summed E-state index contributed by atoms with van der Waals surface area (Å²) in [6, 6.07) is 5.74. The van der Waals surface area contributed by atoms with Crippen molar-refractivity contribution in [2.45, 2.75) is 32.2 Å². The zero-order valence-corrected chi connectivity index (χ0v) is 10.1. The van der Waals surface area contributed by atoms with Crippen LogP contribution in [0.15, 0.2) is 18.2 Å². The molecule has 1 heterocycles. The lowest BCUT2D eigenvalue weighted by molar-refractivity contribution is -0.118. The Morgan fingerprint density at radius 1 is 1.44 bits per heavy atom. The first-order chi connectivity index (χ1) is 7.46. The zero-order valence-electron chi connectivity index (χ0n) is 10.1. The molecule has 0 spiro atoms. The molecule has 1 aromatic carbocycles. The van der Waals surface area contributed by atoms with Crippen molar-refractivity contribution in [1.82, 2.24) is 0 Å². The minimum Gasteiger partial charge on any atom is -0.497 e. The number of nitrogens with one attached hydrogen (secondary N) is 1. The van der Waals surface area contributed by atoms with Gasteiger partial charge in [-0.15, -0.1) is 0 Å². The molecular formula is C13H17NO2. The van der Waals surface area contributed by atoms with E-state index in [1.807, 2.05) is 18.2 Å². The standard InChI is InChI=1S/C13H17NO2/c1-8(15)12-13(2,3)10-7-9(16-4)5-6-11(10)14-12/h5-7,12,14H,1-4H3. The highest BCUT2D eigenvalue weighted by molar-refractivity contribution is 5.89. The van der Waals surface area contributed by atoms with E-state index >= 15 is 0 Å². The average molecular weight is 219 g/mol. The van der Waals surface area contributed by atoms with Crippen LogP contribution in [-0.2, 0) is 10.2 Å². The van der Waals surface area contributed by atoms with E-state index in [1.165, 1.54) is 0 Å². The molecule has 0 saturated carbocycles. The van der Waals surface area contributed by atoms with Gasteiger partial charge in [0.1, 0.15) is 5.75 Å². The Kier molecular flexibility index (Phi) is 2.41. The van der Waals surface area contributed by atoms with Crippen LogP contribution in [0, 0.1) is 0 Å². The summed E-state index contributed by atoms with van der Waals surface area (Å²) < 4.78 is 5.22. The highest BCUT2D eigenvalue weighted by Gasteiger charge is 2.41. The molecule has 1 atom stereocenters. The molecule has 2 rings (SSSR count). The third kappa shape index (κ3) is 1.47. The van der Waals surface area contributed by atoms with Gasteiger partial charge >= 0.3 is 0 Å². The average Bonchev–Trinajstić information content (AvgIpc) is 2.50. The summed E-state index contributed by atoms with van der Waals surface area (Å²) in [6.07, 6.45) is 0. The van der Waals surface area contributed by atoms with Crippen LogP contribution in [0.25, 0.3) is 0 Å². The molecule has 0 radical (unpaired) electrons. The topological polar surface area (TPSA) is 38.3 Å². The molecule has 86 valence electrons. The summed E-state index contributed by atoms with van der Waals surface area (Å²) >= 11 is 0. The number of benzene rings is 1. The van der Waals surface area contributed by atoms with Crippen molar-refractivity contribution in [3.8, 4) is 5.75 Å². The van der Waals surface area contributed by atoms with Gasteiger partial charge in [-0.1, -0.05) is 13.8 Å². The number of carbonyl (C=O) groups is 1. The summed E-state index contributed by atoms with van der Waals surface area (Å²) in [7, 11) is 1.65. The second-order valence-electron chi connectivity index (χ2n) is 4.82. The number of ketones is 1. The number of ether oxygens (including phenoxy) is 1. The predicted molar refractivity (Wildman–Crippen MR) is 64.1 cm³/mol. The van der Waals surface area contributed by atoms with Crippen LogP contribution in [0.3, 0.4) is 0 Å². The van der Waals surface area contributed by atoms with Crippen LogP contribution < -0.4 is 10.1 Å².